The van der Waals surface area contributed by atoms with Crippen molar-refractivity contribution < 1.29 is 23.9 Å². The molecule has 1 aromatic carbocycles. The highest BCUT2D eigenvalue weighted by Gasteiger charge is 2.21. The second-order valence-corrected chi connectivity index (χ2v) is 7.47. The highest BCUT2D eigenvalue weighted by molar-refractivity contribution is 9.09. The zero-order chi connectivity index (χ0) is 20.6. The molecule has 1 fully saturated rings. The van der Waals surface area contributed by atoms with E-state index >= 15 is 0 Å². The lowest BCUT2D eigenvalue weighted by Crippen LogP contribution is -2.39. The molecule has 148 valence electrons. The van der Waals surface area contributed by atoms with Crippen molar-refractivity contribution in [3.8, 4) is 5.75 Å². The number of hydrogen-bond donors (Lipinski definition) is 1. The summed E-state index contributed by atoms with van der Waals surface area (Å²) in [5, 5.41) is 2.97. The molecule has 0 radical (unpaired) electrons. The molecule has 1 saturated heterocycles. The van der Waals surface area contributed by atoms with Gasteiger partial charge in [0.05, 0.1) is 6.61 Å². The topological polar surface area (TPSA) is 89.5 Å². The normalized spacial score (nSPS) is 16.3. The van der Waals surface area contributed by atoms with Crippen molar-refractivity contribution in [3.63, 3.8) is 0 Å². The Kier molecular flexibility index (Phi) is 9.35. The van der Waals surface area contributed by atoms with Gasteiger partial charge < -0.3 is 4.74 Å². The first kappa shape index (κ1) is 23.0. The van der Waals surface area contributed by atoms with Crippen molar-refractivity contribution in [1.29, 1.82) is 0 Å². The lowest BCUT2D eigenvalue weighted by Gasteiger charge is -2.15. The number of benzene rings is 1. The Morgan fingerprint density at radius 2 is 1.93 bits per heavy atom. The minimum absolute atomic E-state index is 0.0164. The van der Waals surface area contributed by atoms with Gasteiger partial charge in [0.15, 0.2) is 11.6 Å². The third kappa shape index (κ3) is 7.25. The second-order valence-electron chi connectivity index (χ2n) is 6.67. The number of hydrogen-bond acceptors (Lipinski definition) is 5. The predicted octanol–water partition coefficient (Wildman–Crippen LogP) is 3.56. The van der Waals surface area contributed by atoms with E-state index in [4.69, 9.17) is 4.74 Å². The molecule has 2 amide bonds. The molecule has 1 N–H and O–H groups in total. The summed E-state index contributed by atoms with van der Waals surface area (Å²) in [6, 6.07) is 5.03. The number of ketones is 2. The minimum Gasteiger partial charge on any atom is -0.493 e. The van der Waals surface area contributed by atoms with Crippen LogP contribution >= 0.6 is 15.9 Å². The van der Waals surface area contributed by atoms with Gasteiger partial charge in [-0.25, -0.2) is 0 Å². The summed E-state index contributed by atoms with van der Waals surface area (Å²) in [6.07, 6.45) is 1.19. The van der Waals surface area contributed by atoms with Crippen LogP contribution in [0.1, 0.15) is 61.3 Å². The monoisotopic (exact) mass is 439 g/mol. The van der Waals surface area contributed by atoms with Crippen LogP contribution in [0.5, 0.6) is 5.75 Å². The van der Waals surface area contributed by atoms with E-state index in [2.05, 4.69) is 21.2 Å². The molecule has 0 bridgehead atoms. The zero-order valence-corrected chi connectivity index (χ0v) is 17.7. The Morgan fingerprint density at radius 1 is 1.26 bits per heavy atom. The molecule has 1 aliphatic rings. The van der Waals surface area contributed by atoms with Gasteiger partial charge in [-0.3, -0.25) is 24.5 Å². The number of piperidine rings is 1. The smallest absolute Gasteiger partial charge is 0.229 e. The summed E-state index contributed by atoms with van der Waals surface area (Å²) in [4.78, 5) is 44.8. The average Bonchev–Trinajstić information content (AvgIpc) is 2.62. The average molecular weight is 440 g/mol. The molecule has 0 aromatic heterocycles. The summed E-state index contributed by atoms with van der Waals surface area (Å²) in [7, 11) is 0. The molecular formula is C20H26BrNO5. The summed E-state index contributed by atoms with van der Waals surface area (Å²) in [5.41, 5.74) is 0.907. The van der Waals surface area contributed by atoms with E-state index in [1.54, 1.807) is 18.2 Å². The van der Waals surface area contributed by atoms with Crippen LogP contribution in [0.25, 0.3) is 0 Å². The van der Waals surface area contributed by atoms with Crippen LogP contribution in [0.4, 0.5) is 0 Å². The standard InChI is InChI=1S/C14H17BrO3.C6H9NO2/c1-9(2)14(17)13-8-11(18-7-6-15)4-5-12(13)10(3)16;1-4-2-3-5(8)7-6(4)9/h4-5,8-9H,6-7H2,1-3H3;4H,2-3H2,1H3,(H,7,8,9). The quantitative estimate of drug-likeness (QED) is 0.415. The third-order valence-corrected chi connectivity index (χ3v) is 4.34. The SMILES string of the molecule is CC(=O)c1ccc(OCCBr)cc1C(=O)C(C)C.CC1CCC(=O)NC1=O. The van der Waals surface area contributed by atoms with Gasteiger partial charge in [-0.2, -0.15) is 0 Å². The van der Waals surface area contributed by atoms with E-state index < -0.39 is 0 Å². The van der Waals surface area contributed by atoms with Crippen molar-refractivity contribution in [2.75, 3.05) is 11.9 Å². The maximum atomic E-state index is 12.1. The number of carbonyl (C=O) groups is 4. The second kappa shape index (κ2) is 11.0. The molecule has 0 saturated carbocycles. The molecule has 1 heterocycles. The van der Waals surface area contributed by atoms with Gasteiger partial charge >= 0.3 is 0 Å². The van der Waals surface area contributed by atoms with E-state index in [1.165, 1.54) is 6.92 Å². The number of ether oxygens (including phenoxy) is 1. The Bertz CT molecular complexity index is 714. The van der Waals surface area contributed by atoms with E-state index in [0.29, 0.717) is 36.3 Å². The van der Waals surface area contributed by atoms with Gasteiger partial charge in [0.2, 0.25) is 11.8 Å². The highest BCUT2D eigenvalue weighted by atomic mass is 79.9. The van der Waals surface area contributed by atoms with Crippen molar-refractivity contribution in [1.82, 2.24) is 5.32 Å². The van der Waals surface area contributed by atoms with Gasteiger partial charge in [-0.05, 0) is 31.5 Å². The zero-order valence-electron chi connectivity index (χ0n) is 16.1. The maximum absolute atomic E-state index is 12.1. The molecule has 1 aromatic rings. The fraction of sp³-hybridized carbons (Fsp3) is 0.500. The number of halogens is 1. The van der Waals surface area contributed by atoms with Gasteiger partial charge in [-0.15, -0.1) is 0 Å². The van der Waals surface area contributed by atoms with Crippen LogP contribution < -0.4 is 10.1 Å². The summed E-state index contributed by atoms with van der Waals surface area (Å²) >= 11 is 3.27. The number of nitrogens with one attached hydrogen (secondary N) is 1. The van der Waals surface area contributed by atoms with Crippen LogP contribution in [0.2, 0.25) is 0 Å². The molecule has 1 atom stereocenters. The fourth-order valence-electron chi connectivity index (χ4n) is 2.39. The Labute approximate surface area is 168 Å². The molecular weight excluding hydrogens is 414 g/mol. The van der Waals surface area contributed by atoms with Crippen LogP contribution in [-0.4, -0.2) is 35.3 Å². The molecule has 27 heavy (non-hydrogen) atoms. The van der Waals surface area contributed by atoms with E-state index in [1.807, 2.05) is 20.8 Å². The fourth-order valence-corrected chi connectivity index (χ4v) is 2.56. The lowest BCUT2D eigenvalue weighted by molar-refractivity contribution is -0.135. The van der Waals surface area contributed by atoms with Crippen LogP contribution in [0, 0.1) is 11.8 Å². The van der Waals surface area contributed by atoms with Crippen molar-refractivity contribution >= 4 is 39.3 Å². The van der Waals surface area contributed by atoms with Gasteiger partial charge in [0.25, 0.3) is 0 Å². The lowest BCUT2D eigenvalue weighted by atomic mass is 9.94. The first-order chi connectivity index (χ1) is 12.7. The molecule has 1 unspecified atom stereocenters. The number of rotatable bonds is 6. The van der Waals surface area contributed by atoms with Gasteiger partial charge in [0.1, 0.15) is 5.75 Å². The molecule has 2 rings (SSSR count). The van der Waals surface area contributed by atoms with Crippen molar-refractivity contribution in [2.24, 2.45) is 11.8 Å². The Hall–Kier alpha value is -2.02. The molecule has 7 heteroatoms. The number of imide groups is 1. The number of alkyl halides is 1. The molecule has 6 nitrogen and oxygen atoms in total. The molecule has 0 aliphatic carbocycles. The number of Topliss-reactive ketones (excluding diaryl/α,β-unsaturated/α-hetero) is 2. The van der Waals surface area contributed by atoms with Crippen molar-refractivity contribution in [3.05, 3.63) is 29.3 Å². The molecule has 1 aliphatic heterocycles. The minimum atomic E-state index is -0.144. The maximum Gasteiger partial charge on any atom is 0.229 e. The third-order valence-electron chi connectivity index (χ3n) is 4.02. The van der Waals surface area contributed by atoms with Crippen LogP contribution in [0.15, 0.2) is 18.2 Å². The molecule has 0 spiro atoms. The van der Waals surface area contributed by atoms with Crippen molar-refractivity contribution in [2.45, 2.75) is 40.5 Å². The number of amides is 2. The van der Waals surface area contributed by atoms with Crippen LogP contribution in [0.3, 0.4) is 0 Å². The largest absolute Gasteiger partial charge is 0.493 e. The van der Waals surface area contributed by atoms with Crippen LogP contribution in [-0.2, 0) is 9.59 Å². The Balaban J connectivity index is 0.000000337. The Morgan fingerprint density at radius 3 is 2.41 bits per heavy atom. The van der Waals surface area contributed by atoms with E-state index in [-0.39, 0.29) is 35.2 Å². The van der Waals surface area contributed by atoms with E-state index in [9.17, 15) is 19.2 Å². The first-order valence-corrected chi connectivity index (χ1v) is 10.0. The summed E-state index contributed by atoms with van der Waals surface area (Å²) in [6.45, 7) is 7.44. The van der Waals surface area contributed by atoms with Gasteiger partial charge in [0, 0.05) is 34.7 Å². The summed E-state index contributed by atoms with van der Waals surface area (Å²) in [5.74, 6) is 0.0700. The first-order valence-electron chi connectivity index (χ1n) is 8.89. The predicted molar refractivity (Wildman–Crippen MR) is 106 cm³/mol. The highest BCUT2D eigenvalue weighted by Crippen LogP contribution is 2.21. The van der Waals surface area contributed by atoms with E-state index in [0.717, 1.165) is 5.33 Å². The van der Waals surface area contributed by atoms with Gasteiger partial charge in [-0.1, -0.05) is 36.7 Å². The summed E-state index contributed by atoms with van der Waals surface area (Å²) < 4.78 is 5.45. The number of carbonyl (C=O) groups excluding carboxylic acids is 4.